The molecule has 1 heterocycles. The van der Waals surface area contributed by atoms with E-state index in [0.717, 1.165) is 19.5 Å². The summed E-state index contributed by atoms with van der Waals surface area (Å²) >= 11 is 0. The Balaban J connectivity index is 2.07. The van der Waals surface area contributed by atoms with Crippen LogP contribution in [0.2, 0.25) is 0 Å². The van der Waals surface area contributed by atoms with Crippen LogP contribution in [0.4, 0.5) is 0 Å². The zero-order valence-corrected chi connectivity index (χ0v) is 9.52. The highest BCUT2D eigenvalue weighted by atomic mass is 16.4. The average molecular weight is 222 g/mol. The van der Waals surface area contributed by atoms with Gasteiger partial charge in [-0.2, -0.15) is 0 Å². The molecule has 0 radical (unpaired) electrons. The summed E-state index contributed by atoms with van der Waals surface area (Å²) in [7, 11) is 0. The van der Waals surface area contributed by atoms with Gasteiger partial charge in [-0.15, -0.1) is 0 Å². The molecule has 1 rings (SSSR count). The molecule has 16 heavy (non-hydrogen) atoms. The summed E-state index contributed by atoms with van der Waals surface area (Å²) in [6, 6.07) is 3.98. The van der Waals surface area contributed by atoms with Crippen molar-refractivity contribution in [3.8, 4) is 0 Å². The van der Waals surface area contributed by atoms with E-state index in [1.807, 2.05) is 12.1 Å². The minimum Gasteiger partial charge on any atom is -0.481 e. The molecule has 1 unspecified atom stereocenters. The van der Waals surface area contributed by atoms with Gasteiger partial charge in [0.25, 0.3) is 0 Å². The third-order valence-electron chi connectivity index (χ3n) is 2.52. The lowest BCUT2D eigenvalue weighted by atomic mass is 10.1. The highest BCUT2D eigenvalue weighted by molar-refractivity contribution is 5.69. The Morgan fingerprint density at radius 2 is 2.12 bits per heavy atom. The fraction of sp³-hybridized carbons (Fsp3) is 0.500. The molecule has 0 aliphatic heterocycles. The van der Waals surface area contributed by atoms with Crippen molar-refractivity contribution in [3.63, 3.8) is 0 Å². The number of carboxylic acid groups (broad SMARTS) is 1. The van der Waals surface area contributed by atoms with Crippen LogP contribution in [0.5, 0.6) is 0 Å². The minimum absolute atomic E-state index is 0.270. The van der Waals surface area contributed by atoms with Gasteiger partial charge in [0, 0.05) is 12.4 Å². The highest BCUT2D eigenvalue weighted by Crippen LogP contribution is 2.00. The first-order chi connectivity index (χ1) is 7.70. The van der Waals surface area contributed by atoms with Gasteiger partial charge in [-0.1, -0.05) is 6.92 Å². The maximum absolute atomic E-state index is 10.5. The van der Waals surface area contributed by atoms with Crippen molar-refractivity contribution in [1.29, 1.82) is 0 Å². The van der Waals surface area contributed by atoms with Gasteiger partial charge in [-0.05, 0) is 43.6 Å². The number of aliphatic carboxylic acids is 1. The van der Waals surface area contributed by atoms with Crippen LogP contribution < -0.4 is 5.32 Å². The number of carboxylic acids is 1. The fourth-order valence-corrected chi connectivity index (χ4v) is 1.35. The number of carbonyl (C=O) groups is 1. The predicted octanol–water partition coefficient (Wildman–Crippen LogP) is 1.32. The molecule has 1 atom stereocenters. The van der Waals surface area contributed by atoms with Crippen LogP contribution in [-0.4, -0.2) is 29.1 Å². The fourth-order valence-electron chi connectivity index (χ4n) is 1.35. The standard InChI is InChI=1S/C12H18N2O2/c1-10(12(15)16)2-6-13-7-3-11-4-8-14-9-5-11/h4-5,8-10,13H,2-3,6-7H2,1H3,(H,15,16). The molecule has 4 nitrogen and oxygen atoms in total. The number of hydrogen-bond donors (Lipinski definition) is 2. The molecule has 0 fully saturated rings. The van der Waals surface area contributed by atoms with Gasteiger partial charge >= 0.3 is 5.97 Å². The van der Waals surface area contributed by atoms with E-state index in [1.54, 1.807) is 19.3 Å². The number of pyridine rings is 1. The largest absolute Gasteiger partial charge is 0.481 e. The number of rotatable bonds is 7. The molecule has 88 valence electrons. The molecular formula is C12H18N2O2. The van der Waals surface area contributed by atoms with Crippen LogP contribution >= 0.6 is 0 Å². The maximum Gasteiger partial charge on any atom is 0.306 e. The van der Waals surface area contributed by atoms with Gasteiger partial charge in [-0.25, -0.2) is 0 Å². The zero-order valence-electron chi connectivity index (χ0n) is 9.52. The molecule has 1 aromatic heterocycles. The van der Waals surface area contributed by atoms with Crippen LogP contribution in [0, 0.1) is 5.92 Å². The van der Waals surface area contributed by atoms with Crippen LogP contribution in [0.1, 0.15) is 18.9 Å². The molecule has 0 aromatic carbocycles. The smallest absolute Gasteiger partial charge is 0.306 e. The van der Waals surface area contributed by atoms with E-state index < -0.39 is 5.97 Å². The van der Waals surface area contributed by atoms with Gasteiger partial charge < -0.3 is 10.4 Å². The monoisotopic (exact) mass is 222 g/mol. The molecule has 4 heteroatoms. The molecule has 1 aromatic rings. The lowest BCUT2D eigenvalue weighted by Gasteiger charge is -2.07. The first-order valence-electron chi connectivity index (χ1n) is 5.52. The third-order valence-corrected chi connectivity index (χ3v) is 2.52. The second-order valence-electron chi connectivity index (χ2n) is 3.88. The van der Waals surface area contributed by atoms with E-state index in [-0.39, 0.29) is 5.92 Å². The quantitative estimate of drug-likeness (QED) is 0.683. The summed E-state index contributed by atoms with van der Waals surface area (Å²) < 4.78 is 0. The summed E-state index contributed by atoms with van der Waals surface area (Å²) in [6.45, 7) is 3.35. The number of hydrogen-bond acceptors (Lipinski definition) is 3. The second-order valence-corrected chi connectivity index (χ2v) is 3.88. The number of aromatic nitrogens is 1. The Hall–Kier alpha value is -1.42. The molecule has 0 aliphatic carbocycles. The van der Waals surface area contributed by atoms with Crippen molar-refractivity contribution in [3.05, 3.63) is 30.1 Å². The summed E-state index contributed by atoms with van der Waals surface area (Å²) in [4.78, 5) is 14.5. The Kier molecular flexibility index (Phi) is 5.50. The van der Waals surface area contributed by atoms with E-state index in [2.05, 4.69) is 10.3 Å². The number of nitrogens with one attached hydrogen (secondary N) is 1. The van der Waals surface area contributed by atoms with Crippen LogP contribution in [0.15, 0.2) is 24.5 Å². The lowest BCUT2D eigenvalue weighted by Crippen LogP contribution is -2.22. The lowest BCUT2D eigenvalue weighted by molar-refractivity contribution is -0.141. The Labute approximate surface area is 95.7 Å². The van der Waals surface area contributed by atoms with E-state index in [9.17, 15) is 4.79 Å². The molecule has 0 spiro atoms. The maximum atomic E-state index is 10.5. The molecule has 0 bridgehead atoms. The Bertz CT molecular complexity index is 314. The van der Waals surface area contributed by atoms with Crippen molar-refractivity contribution in [2.24, 2.45) is 5.92 Å². The third kappa shape index (κ3) is 4.89. The Morgan fingerprint density at radius 1 is 1.44 bits per heavy atom. The normalized spacial score (nSPS) is 12.3. The van der Waals surface area contributed by atoms with Gasteiger partial charge in [0.1, 0.15) is 0 Å². The van der Waals surface area contributed by atoms with E-state index in [0.29, 0.717) is 6.42 Å². The second kappa shape index (κ2) is 6.95. The van der Waals surface area contributed by atoms with Crippen LogP contribution in [0.25, 0.3) is 0 Å². The molecule has 0 saturated heterocycles. The minimum atomic E-state index is -0.726. The highest BCUT2D eigenvalue weighted by Gasteiger charge is 2.09. The van der Waals surface area contributed by atoms with Gasteiger partial charge in [0.2, 0.25) is 0 Å². The van der Waals surface area contributed by atoms with Gasteiger partial charge in [0.15, 0.2) is 0 Å². The van der Waals surface area contributed by atoms with Crippen molar-refractivity contribution < 1.29 is 9.90 Å². The van der Waals surface area contributed by atoms with Crippen molar-refractivity contribution >= 4 is 5.97 Å². The Morgan fingerprint density at radius 3 is 2.75 bits per heavy atom. The molecule has 0 saturated carbocycles. The van der Waals surface area contributed by atoms with Crippen LogP contribution in [-0.2, 0) is 11.2 Å². The molecular weight excluding hydrogens is 204 g/mol. The van der Waals surface area contributed by atoms with E-state index in [4.69, 9.17) is 5.11 Å². The molecule has 0 amide bonds. The van der Waals surface area contributed by atoms with Crippen LogP contribution in [0.3, 0.4) is 0 Å². The predicted molar refractivity (Wildman–Crippen MR) is 62.2 cm³/mol. The first-order valence-corrected chi connectivity index (χ1v) is 5.52. The zero-order chi connectivity index (χ0) is 11.8. The molecule has 0 aliphatic rings. The summed E-state index contributed by atoms with van der Waals surface area (Å²) in [5.74, 6) is -0.996. The van der Waals surface area contributed by atoms with E-state index >= 15 is 0 Å². The topological polar surface area (TPSA) is 62.2 Å². The summed E-state index contributed by atoms with van der Waals surface area (Å²) in [5, 5.41) is 11.9. The van der Waals surface area contributed by atoms with Gasteiger partial charge in [-0.3, -0.25) is 9.78 Å². The van der Waals surface area contributed by atoms with Crippen molar-refractivity contribution in [2.75, 3.05) is 13.1 Å². The summed E-state index contributed by atoms with van der Waals surface area (Å²) in [6.07, 6.45) is 5.18. The summed E-state index contributed by atoms with van der Waals surface area (Å²) in [5.41, 5.74) is 1.24. The average Bonchev–Trinajstić information content (AvgIpc) is 2.29. The molecule has 2 N–H and O–H groups in total. The van der Waals surface area contributed by atoms with E-state index in [1.165, 1.54) is 5.56 Å². The van der Waals surface area contributed by atoms with Crippen molar-refractivity contribution in [2.45, 2.75) is 19.8 Å². The van der Waals surface area contributed by atoms with Gasteiger partial charge in [0.05, 0.1) is 5.92 Å². The number of nitrogens with zero attached hydrogens (tertiary/aromatic N) is 1. The first kappa shape index (κ1) is 12.6. The van der Waals surface area contributed by atoms with Crippen molar-refractivity contribution in [1.82, 2.24) is 10.3 Å². The SMILES string of the molecule is CC(CCNCCc1ccncc1)C(=O)O.